The van der Waals surface area contributed by atoms with Crippen LogP contribution in [0.25, 0.3) is 0 Å². The summed E-state index contributed by atoms with van der Waals surface area (Å²) in [5, 5.41) is 9.22. The first-order valence-corrected chi connectivity index (χ1v) is 9.57. The van der Waals surface area contributed by atoms with Crippen LogP contribution >= 0.6 is 15.9 Å². The average molecular weight is 376 g/mol. The molecular formula is C15H22BrNO3S. The van der Waals surface area contributed by atoms with Crippen molar-refractivity contribution >= 4 is 26.0 Å². The van der Waals surface area contributed by atoms with Gasteiger partial charge in [0.1, 0.15) is 0 Å². The lowest BCUT2D eigenvalue weighted by Crippen LogP contribution is -2.36. The molecule has 118 valence electrons. The Morgan fingerprint density at radius 2 is 1.86 bits per heavy atom. The van der Waals surface area contributed by atoms with E-state index in [1.807, 2.05) is 0 Å². The summed E-state index contributed by atoms with van der Waals surface area (Å²) in [6.07, 6.45) is 6.40. The van der Waals surface area contributed by atoms with Crippen molar-refractivity contribution in [1.29, 1.82) is 0 Å². The standard InChI is InChI=1S/C15H22BrNO3S/c1-17(13-6-4-2-3-5-7-13)21(19,20)15-10-12(11-18)8-9-14(15)16/h8-10,13,18H,2-7,11H2,1H3. The SMILES string of the molecule is CN(C1CCCCCC1)S(=O)(=O)c1cc(CO)ccc1Br. The average Bonchev–Trinajstić information content (AvgIpc) is 2.75. The number of benzene rings is 1. The normalized spacial score (nSPS) is 17.9. The number of hydrogen-bond acceptors (Lipinski definition) is 3. The maximum absolute atomic E-state index is 12.8. The Kier molecular flexibility index (Phi) is 5.82. The quantitative estimate of drug-likeness (QED) is 0.821. The van der Waals surface area contributed by atoms with E-state index in [1.54, 1.807) is 25.2 Å². The molecular weight excluding hydrogens is 354 g/mol. The minimum absolute atomic E-state index is 0.0715. The van der Waals surface area contributed by atoms with E-state index in [0.717, 1.165) is 25.7 Å². The van der Waals surface area contributed by atoms with Crippen LogP contribution < -0.4 is 0 Å². The second kappa shape index (κ2) is 7.22. The fraction of sp³-hybridized carbons (Fsp3) is 0.600. The fourth-order valence-electron chi connectivity index (χ4n) is 2.82. The highest BCUT2D eigenvalue weighted by atomic mass is 79.9. The number of hydrogen-bond donors (Lipinski definition) is 1. The Hall–Kier alpha value is -0.430. The molecule has 1 fully saturated rings. The lowest BCUT2D eigenvalue weighted by molar-refractivity contribution is 0.281. The Bertz CT molecular complexity index is 581. The van der Waals surface area contributed by atoms with Crippen molar-refractivity contribution in [3.63, 3.8) is 0 Å². The van der Waals surface area contributed by atoms with Crippen molar-refractivity contribution in [2.24, 2.45) is 0 Å². The van der Waals surface area contributed by atoms with Crippen LogP contribution in [0.15, 0.2) is 27.6 Å². The van der Waals surface area contributed by atoms with E-state index in [2.05, 4.69) is 15.9 Å². The second-order valence-corrected chi connectivity index (χ2v) is 8.41. The van der Waals surface area contributed by atoms with Crippen LogP contribution in [0.3, 0.4) is 0 Å². The number of halogens is 1. The van der Waals surface area contributed by atoms with Crippen molar-refractivity contribution in [3.8, 4) is 0 Å². The van der Waals surface area contributed by atoms with Gasteiger partial charge in [0.15, 0.2) is 0 Å². The molecule has 0 spiro atoms. The summed E-state index contributed by atoms with van der Waals surface area (Å²) in [4.78, 5) is 0.237. The van der Waals surface area contributed by atoms with E-state index in [1.165, 1.54) is 17.1 Å². The van der Waals surface area contributed by atoms with Gasteiger partial charge < -0.3 is 5.11 Å². The maximum atomic E-state index is 12.8. The molecule has 0 radical (unpaired) electrons. The van der Waals surface area contributed by atoms with Gasteiger partial charge in [0, 0.05) is 17.6 Å². The van der Waals surface area contributed by atoms with Gasteiger partial charge in [-0.2, -0.15) is 4.31 Å². The summed E-state index contributed by atoms with van der Waals surface area (Å²) in [6.45, 7) is -0.164. The summed E-state index contributed by atoms with van der Waals surface area (Å²) in [6, 6.07) is 5.02. The predicted octanol–water partition coefficient (Wildman–Crippen LogP) is 3.28. The van der Waals surface area contributed by atoms with Gasteiger partial charge in [-0.15, -0.1) is 0 Å². The summed E-state index contributed by atoms with van der Waals surface area (Å²) < 4.78 is 27.7. The molecule has 2 rings (SSSR count). The highest BCUT2D eigenvalue weighted by molar-refractivity contribution is 9.10. The van der Waals surface area contributed by atoms with Gasteiger partial charge in [0.25, 0.3) is 0 Å². The van der Waals surface area contributed by atoms with E-state index in [4.69, 9.17) is 0 Å². The Labute approximate surface area is 135 Å². The molecule has 4 nitrogen and oxygen atoms in total. The Balaban J connectivity index is 2.31. The fourth-order valence-corrected chi connectivity index (χ4v) is 5.21. The van der Waals surface area contributed by atoms with Crippen molar-refractivity contribution in [2.45, 2.75) is 56.1 Å². The number of rotatable bonds is 4. The number of sulfonamides is 1. The topological polar surface area (TPSA) is 57.6 Å². The van der Waals surface area contributed by atoms with E-state index in [-0.39, 0.29) is 17.5 Å². The highest BCUT2D eigenvalue weighted by Gasteiger charge is 2.30. The molecule has 1 aromatic rings. The highest BCUT2D eigenvalue weighted by Crippen LogP contribution is 2.30. The van der Waals surface area contributed by atoms with Gasteiger partial charge in [-0.1, -0.05) is 31.7 Å². The van der Waals surface area contributed by atoms with Crippen LogP contribution in [-0.2, 0) is 16.6 Å². The number of aliphatic hydroxyl groups excluding tert-OH is 1. The minimum Gasteiger partial charge on any atom is -0.392 e. The zero-order valence-electron chi connectivity index (χ0n) is 12.3. The summed E-state index contributed by atoms with van der Waals surface area (Å²) in [5.74, 6) is 0. The van der Waals surface area contributed by atoms with Crippen molar-refractivity contribution < 1.29 is 13.5 Å². The second-order valence-electron chi connectivity index (χ2n) is 5.59. The molecule has 0 bridgehead atoms. The molecule has 0 heterocycles. The molecule has 1 aliphatic rings. The molecule has 1 saturated carbocycles. The Morgan fingerprint density at radius 1 is 1.24 bits per heavy atom. The maximum Gasteiger partial charge on any atom is 0.244 e. The molecule has 0 atom stereocenters. The van der Waals surface area contributed by atoms with Crippen molar-refractivity contribution in [2.75, 3.05) is 7.05 Å². The van der Waals surface area contributed by atoms with Gasteiger partial charge in [0.05, 0.1) is 11.5 Å². The smallest absolute Gasteiger partial charge is 0.244 e. The Morgan fingerprint density at radius 3 is 2.43 bits per heavy atom. The first kappa shape index (κ1) is 16.9. The molecule has 1 aromatic carbocycles. The van der Waals surface area contributed by atoms with E-state index >= 15 is 0 Å². The molecule has 0 aliphatic heterocycles. The first-order chi connectivity index (χ1) is 9.96. The van der Waals surface area contributed by atoms with Crippen LogP contribution in [0.1, 0.15) is 44.1 Å². The monoisotopic (exact) mass is 375 g/mol. The summed E-state index contributed by atoms with van der Waals surface area (Å²) >= 11 is 3.32. The van der Waals surface area contributed by atoms with Crippen LogP contribution in [-0.4, -0.2) is 30.9 Å². The lowest BCUT2D eigenvalue weighted by Gasteiger charge is -2.27. The van der Waals surface area contributed by atoms with Gasteiger partial charge in [-0.05, 0) is 46.5 Å². The predicted molar refractivity (Wildman–Crippen MR) is 86.5 cm³/mol. The van der Waals surface area contributed by atoms with Crippen LogP contribution in [0.5, 0.6) is 0 Å². The third-order valence-electron chi connectivity index (χ3n) is 4.17. The lowest BCUT2D eigenvalue weighted by atomic mass is 10.1. The van der Waals surface area contributed by atoms with Crippen LogP contribution in [0.2, 0.25) is 0 Å². The third kappa shape index (κ3) is 3.86. The minimum atomic E-state index is -3.54. The van der Waals surface area contributed by atoms with E-state index in [0.29, 0.717) is 10.0 Å². The van der Waals surface area contributed by atoms with Crippen molar-refractivity contribution in [3.05, 3.63) is 28.2 Å². The molecule has 1 aliphatic carbocycles. The molecule has 1 N–H and O–H groups in total. The zero-order valence-corrected chi connectivity index (χ0v) is 14.7. The molecule has 0 amide bonds. The summed E-state index contributed by atoms with van der Waals surface area (Å²) in [5.41, 5.74) is 0.603. The molecule has 0 saturated heterocycles. The number of aliphatic hydroxyl groups is 1. The van der Waals surface area contributed by atoms with Gasteiger partial charge in [0.2, 0.25) is 10.0 Å². The number of nitrogens with zero attached hydrogens (tertiary/aromatic N) is 1. The van der Waals surface area contributed by atoms with E-state index < -0.39 is 10.0 Å². The molecule has 21 heavy (non-hydrogen) atoms. The molecule has 0 aromatic heterocycles. The summed E-state index contributed by atoms with van der Waals surface area (Å²) in [7, 11) is -1.87. The van der Waals surface area contributed by atoms with Gasteiger partial charge in [-0.25, -0.2) is 8.42 Å². The zero-order chi connectivity index (χ0) is 15.5. The largest absolute Gasteiger partial charge is 0.392 e. The first-order valence-electron chi connectivity index (χ1n) is 7.34. The van der Waals surface area contributed by atoms with Crippen LogP contribution in [0, 0.1) is 0 Å². The molecule has 6 heteroatoms. The van der Waals surface area contributed by atoms with Crippen LogP contribution in [0.4, 0.5) is 0 Å². The van der Waals surface area contributed by atoms with Gasteiger partial charge in [-0.3, -0.25) is 0 Å². The van der Waals surface area contributed by atoms with Gasteiger partial charge >= 0.3 is 0 Å². The third-order valence-corrected chi connectivity index (χ3v) is 7.08. The molecule has 0 unspecified atom stereocenters. The van der Waals surface area contributed by atoms with Crippen molar-refractivity contribution in [1.82, 2.24) is 4.31 Å². The van der Waals surface area contributed by atoms with E-state index in [9.17, 15) is 13.5 Å².